The van der Waals surface area contributed by atoms with Crippen LogP contribution in [0.25, 0.3) is 0 Å². The molecule has 1 aromatic rings. The lowest BCUT2D eigenvalue weighted by atomic mass is 10.3. The molecule has 0 saturated carbocycles. The van der Waals surface area contributed by atoms with E-state index >= 15 is 0 Å². The minimum atomic E-state index is -0.794. The highest BCUT2D eigenvalue weighted by Crippen LogP contribution is 2.07. The normalized spacial score (nSPS) is 11.4. The number of nitrogens with zero attached hydrogens (tertiary/aromatic N) is 3. The van der Waals surface area contributed by atoms with Crippen LogP contribution in [0.15, 0.2) is 4.52 Å². The predicted octanol–water partition coefficient (Wildman–Crippen LogP) is 1.32. The maximum absolute atomic E-state index is 10.6. The van der Waals surface area contributed by atoms with Gasteiger partial charge in [-0.05, 0) is 13.8 Å². The van der Waals surface area contributed by atoms with Gasteiger partial charge in [-0.15, -0.1) is 0 Å². The highest BCUT2D eigenvalue weighted by molar-refractivity contribution is 5.66. The van der Waals surface area contributed by atoms with Gasteiger partial charge in [0.15, 0.2) is 5.82 Å². The van der Waals surface area contributed by atoms with Crippen molar-refractivity contribution in [3.05, 3.63) is 11.7 Å². The number of rotatable bonds is 7. The van der Waals surface area contributed by atoms with Gasteiger partial charge in [0.05, 0.1) is 13.0 Å². The van der Waals surface area contributed by atoms with E-state index in [1.54, 1.807) is 0 Å². The van der Waals surface area contributed by atoms with Gasteiger partial charge in [-0.1, -0.05) is 12.1 Å². The first kappa shape index (κ1) is 13.6. The van der Waals surface area contributed by atoms with Gasteiger partial charge in [0, 0.05) is 19.0 Å². The van der Waals surface area contributed by atoms with E-state index in [2.05, 4.69) is 10.1 Å². The average molecular weight is 241 g/mol. The van der Waals surface area contributed by atoms with Crippen LogP contribution in [0.1, 0.15) is 38.9 Å². The zero-order chi connectivity index (χ0) is 12.8. The Hall–Kier alpha value is -1.43. The molecular formula is C11H19N3O3. The smallest absolute Gasteiger partial charge is 0.304 e. The van der Waals surface area contributed by atoms with E-state index < -0.39 is 5.97 Å². The molecule has 0 aliphatic heterocycles. The van der Waals surface area contributed by atoms with Crippen molar-refractivity contribution in [1.82, 2.24) is 15.0 Å². The number of carboxylic acid groups (broad SMARTS) is 1. The van der Waals surface area contributed by atoms with Crippen molar-refractivity contribution in [3.8, 4) is 0 Å². The van der Waals surface area contributed by atoms with Crippen molar-refractivity contribution in [2.45, 2.75) is 46.2 Å². The van der Waals surface area contributed by atoms with Crippen LogP contribution >= 0.6 is 0 Å². The summed E-state index contributed by atoms with van der Waals surface area (Å²) in [4.78, 5) is 16.8. The van der Waals surface area contributed by atoms with Crippen molar-refractivity contribution in [3.63, 3.8) is 0 Å². The maximum Gasteiger partial charge on any atom is 0.304 e. The van der Waals surface area contributed by atoms with Gasteiger partial charge in [-0.2, -0.15) is 4.98 Å². The van der Waals surface area contributed by atoms with Crippen LogP contribution in [-0.2, 0) is 17.8 Å². The van der Waals surface area contributed by atoms with Crippen molar-refractivity contribution < 1.29 is 14.4 Å². The molecule has 0 aromatic carbocycles. The van der Waals surface area contributed by atoms with Crippen molar-refractivity contribution in [2.75, 3.05) is 6.54 Å². The summed E-state index contributed by atoms with van der Waals surface area (Å²) in [5.74, 6) is 0.431. The Kier molecular flexibility index (Phi) is 5.09. The first-order valence-electron chi connectivity index (χ1n) is 5.80. The number of aliphatic carboxylic acids is 1. The Bertz CT molecular complexity index is 363. The minimum absolute atomic E-state index is 0.122. The van der Waals surface area contributed by atoms with E-state index in [0.29, 0.717) is 31.2 Å². The van der Waals surface area contributed by atoms with E-state index in [1.807, 2.05) is 25.7 Å². The standard InChI is InChI=1S/C11H19N3O3/c1-4-10-12-9(13-17-10)7-14(8(2)3)6-5-11(15)16/h8H,4-7H2,1-3H3,(H,15,16). The van der Waals surface area contributed by atoms with E-state index in [1.165, 1.54) is 0 Å². The fourth-order valence-electron chi connectivity index (χ4n) is 1.44. The summed E-state index contributed by atoms with van der Waals surface area (Å²) in [5.41, 5.74) is 0. The molecule has 0 saturated heterocycles. The van der Waals surface area contributed by atoms with Crippen LogP contribution < -0.4 is 0 Å². The summed E-state index contributed by atoms with van der Waals surface area (Å²) < 4.78 is 5.02. The Morgan fingerprint density at radius 3 is 2.71 bits per heavy atom. The summed E-state index contributed by atoms with van der Waals surface area (Å²) >= 11 is 0. The average Bonchev–Trinajstić information content (AvgIpc) is 2.71. The molecule has 6 nitrogen and oxygen atoms in total. The van der Waals surface area contributed by atoms with Crippen LogP contribution in [0.4, 0.5) is 0 Å². The molecule has 1 heterocycles. The summed E-state index contributed by atoms with van der Waals surface area (Å²) in [6.45, 7) is 6.99. The van der Waals surface area contributed by atoms with Gasteiger partial charge < -0.3 is 9.63 Å². The number of carboxylic acids is 1. The Morgan fingerprint density at radius 2 is 2.24 bits per heavy atom. The van der Waals surface area contributed by atoms with Gasteiger partial charge in [-0.3, -0.25) is 9.69 Å². The molecule has 0 radical (unpaired) electrons. The van der Waals surface area contributed by atoms with Crippen molar-refractivity contribution in [1.29, 1.82) is 0 Å². The topological polar surface area (TPSA) is 79.5 Å². The van der Waals surface area contributed by atoms with Gasteiger partial charge >= 0.3 is 5.97 Å². The second-order valence-electron chi connectivity index (χ2n) is 4.17. The SMILES string of the molecule is CCc1nc(CN(CCC(=O)O)C(C)C)no1. The Labute approximate surface area is 101 Å². The van der Waals surface area contributed by atoms with E-state index in [9.17, 15) is 4.79 Å². The van der Waals surface area contributed by atoms with Gasteiger partial charge in [0.2, 0.25) is 5.89 Å². The molecule has 0 spiro atoms. The lowest BCUT2D eigenvalue weighted by Crippen LogP contribution is -2.32. The van der Waals surface area contributed by atoms with Crippen LogP contribution in [0.2, 0.25) is 0 Å². The summed E-state index contributed by atoms with van der Waals surface area (Å²) in [6.07, 6.45) is 0.834. The summed E-state index contributed by atoms with van der Waals surface area (Å²) in [6, 6.07) is 0.248. The molecule has 1 N–H and O–H groups in total. The van der Waals surface area contributed by atoms with Crippen LogP contribution in [0, 0.1) is 0 Å². The quantitative estimate of drug-likeness (QED) is 0.775. The van der Waals surface area contributed by atoms with E-state index in [0.717, 1.165) is 0 Å². The molecule has 1 rings (SSSR count). The second kappa shape index (κ2) is 6.34. The van der Waals surface area contributed by atoms with E-state index in [4.69, 9.17) is 9.63 Å². The Morgan fingerprint density at radius 1 is 1.53 bits per heavy atom. The summed E-state index contributed by atoms with van der Waals surface area (Å²) in [5, 5.41) is 12.5. The molecule has 0 bridgehead atoms. The molecule has 1 aromatic heterocycles. The van der Waals surface area contributed by atoms with Crippen LogP contribution in [0.3, 0.4) is 0 Å². The highest BCUT2D eigenvalue weighted by Gasteiger charge is 2.15. The first-order chi connectivity index (χ1) is 8.02. The predicted molar refractivity (Wildman–Crippen MR) is 61.5 cm³/mol. The lowest BCUT2D eigenvalue weighted by molar-refractivity contribution is -0.137. The maximum atomic E-state index is 10.6. The zero-order valence-corrected chi connectivity index (χ0v) is 10.5. The Balaban J connectivity index is 2.56. The third-order valence-corrected chi connectivity index (χ3v) is 2.50. The minimum Gasteiger partial charge on any atom is -0.481 e. The molecule has 17 heavy (non-hydrogen) atoms. The van der Waals surface area contributed by atoms with Crippen molar-refractivity contribution in [2.24, 2.45) is 0 Å². The number of hydrogen-bond donors (Lipinski definition) is 1. The first-order valence-corrected chi connectivity index (χ1v) is 5.80. The number of aromatic nitrogens is 2. The molecular weight excluding hydrogens is 222 g/mol. The van der Waals surface area contributed by atoms with Gasteiger partial charge in [0.25, 0.3) is 0 Å². The molecule has 0 amide bonds. The zero-order valence-electron chi connectivity index (χ0n) is 10.5. The van der Waals surface area contributed by atoms with Gasteiger partial charge in [0.1, 0.15) is 0 Å². The number of hydrogen-bond acceptors (Lipinski definition) is 5. The fraction of sp³-hybridized carbons (Fsp3) is 0.727. The molecule has 0 atom stereocenters. The molecule has 96 valence electrons. The number of carbonyl (C=O) groups is 1. The monoisotopic (exact) mass is 241 g/mol. The lowest BCUT2D eigenvalue weighted by Gasteiger charge is -2.23. The third-order valence-electron chi connectivity index (χ3n) is 2.50. The van der Waals surface area contributed by atoms with Crippen LogP contribution in [0.5, 0.6) is 0 Å². The van der Waals surface area contributed by atoms with Crippen molar-refractivity contribution >= 4 is 5.97 Å². The fourth-order valence-corrected chi connectivity index (χ4v) is 1.44. The highest BCUT2D eigenvalue weighted by atomic mass is 16.5. The second-order valence-corrected chi connectivity index (χ2v) is 4.17. The number of aryl methyl sites for hydroxylation is 1. The van der Waals surface area contributed by atoms with Gasteiger partial charge in [-0.25, -0.2) is 0 Å². The van der Waals surface area contributed by atoms with Crippen LogP contribution in [-0.4, -0.2) is 38.7 Å². The molecule has 0 unspecified atom stereocenters. The third kappa shape index (κ3) is 4.52. The largest absolute Gasteiger partial charge is 0.481 e. The summed E-state index contributed by atoms with van der Waals surface area (Å²) in [7, 11) is 0. The molecule has 0 aliphatic carbocycles. The van der Waals surface area contributed by atoms with E-state index in [-0.39, 0.29) is 12.5 Å². The molecule has 0 fully saturated rings. The molecule has 0 aliphatic rings. The molecule has 6 heteroatoms.